The smallest absolute Gasteiger partial charge is 0.341 e. The molecule has 3 aromatic rings. The maximum atomic E-state index is 14.9. The molecule has 0 bridgehead atoms. The Kier molecular flexibility index (Phi) is 5.17. The van der Waals surface area contributed by atoms with Crippen LogP contribution < -0.4 is 16.1 Å². The van der Waals surface area contributed by atoms with Gasteiger partial charge in [-0.1, -0.05) is 0 Å². The molecular formula is C20H17ClF2N4O3. The van der Waals surface area contributed by atoms with Crippen molar-refractivity contribution in [2.45, 2.75) is 5.38 Å². The molecular weight excluding hydrogens is 418 g/mol. The van der Waals surface area contributed by atoms with Crippen LogP contribution in [0.25, 0.3) is 16.7 Å². The highest BCUT2D eigenvalue weighted by Gasteiger charge is 2.33. The largest absolute Gasteiger partial charge is 0.477 e. The third-order valence-electron chi connectivity index (χ3n) is 5.21. The van der Waals surface area contributed by atoms with Gasteiger partial charge in [-0.2, -0.15) is 0 Å². The number of benzene rings is 1. The Hall–Kier alpha value is -3.04. The Labute approximate surface area is 174 Å². The first-order valence-electron chi connectivity index (χ1n) is 9.14. The van der Waals surface area contributed by atoms with Gasteiger partial charge in [0.2, 0.25) is 5.43 Å². The molecule has 0 saturated carbocycles. The second-order valence-corrected chi connectivity index (χ2v) is 7.67. The van der Waals surface area contributed by atoms with E-state index in [-0.39, 0.29) is 28.1 Å². The second kappa shape index (κ2) is 7.66. The van der Waals surface area contributed by atoms with E-state index in [0.29, 0.717) is 25.3 Å². The maximum Gasteiger partial charge on any atom is 0.341 e. The lowest BCUT2D eigenvalue weighted by Crippen LogP contribution is -2.26. The number of carboxylic acids is 1. The summed E-state index contributed by atoms with van der Waals surface area (Å²) in [6.45, 7) is 1.06. The third-order valence-corrected chi connectivity index (χ3v) is 5.71. The number of aromatic carboxylic acids is 1. The average molecular weight is 435 g/mol. The van der Waals surface area contributed by atoms with Crippen molar-refractivity contribution in [3.05, 3.63) is 63.9 Å². The van der Waals surface area contributed by atoms with E-state index in [4.69, 9.17) is 17.3 Å². The number of alkyl halides is 1. The van der Waals surface area contributed by atoms with Crippen molar-refractivity contribution in [2.24, 2.45) is 11.7 Å². The molecule has 3 N–H and O–H groups in total. The molecule has 1 aliphatic rings. The van der Waals surface area contributed by atoms with E-state index in [9.17, 15) is 23.5 Å². The van der Waals surface area contributed by atoms with Crippen molar-refractivity contribution in [1.82, 2.24) is 9.55 Å². The molecule has 10 heteroatoms. The van der Waals surface area contributed by atoms with Gasteiger partial charge in [0.25, 0.3) is 0 Å². The van der Waals surface area contributed by atoms with Crippen molar-refractivity contribution >= 4 is 34.4 Å². The fourth-order valence-corrected chi connectivity index (χ4v) is 3.96. The average Bonchev–Trinajstić information content (AvgIpc) is 3.09. The molecule has 1 saturated heterocycles. The lowest BCUT2D eigenvalue weighted by molar-refractivity contribution is 0.0695. The summed E-state index contributed by atoms with van der Waals surface area (Å²) in [4.78, 5) is 30.2. The van der Waals surface area contributed by atoms with Gasteiger partial charge in [-0.25, -0.2) is 18.6 Å². The van der Waals surface area contributed by atoms with Crippen LogP contribution in [-0.4, -0.2) is 45.6 Å². The van der Waals surface area contributed by atoms with Crippen LogP contribution in [0.5, 0.6) is 0 Å². The van der Waals surface area contributed by atoms with Crippen molar-refractivity contribution in [1.29, 1.82) is 0 Å². The van der Waals surface area contributed by atoms with Gasteiger partial charge in [0.1, 0.15) is 11.4 Å². The number of hydrogen-bond acceptors (Lipinski definition) is 5. The summed E-state index contributed by atoms with van der Waals surface area (Å²) in [6, 6.07) is 6.17. The fraction of sp³-hybridized carbons (Fsp3) is 0.250. The van der Waals surface area contributed by atoms with Gasteiger partial charge in [-0.3, -0.25) is 4.79 Å². The van der Waals surface area contributed by atoms with Crippen LogP contribution in [0.2, 0.25) is 0 Å². The quantitative estimate of drug-likeness (QED) is 0.611. The first kappa shape index (κ1) is 20.2. The molecule has 2 atom stereocenters. The zero-order valence-corrected chi connectivity index (χ0v) is 16.3. The standard InChI is InChI=1S/C20H17ClF2N4O3/c21-15-9-26(7-10(15)6-24)19-16(23)5-13-17(28)14(20(29)30)8-27(18(13)25-19)12-3-1-11(22)2-4-12/h1-5,8,10,15H,6-7,9,24H2,(H,29,30). The Balaban J connectivity index is 1.97. The van der Waals surface area contributed by atoms with Crippen LogP contribution in [0.3, 0.4) is 0 Å². The highest BCUT2D eigenvalue weighted by Crippen LogP contribution is 2.29. The Morgan fingerprint density at radius 3 is 2.57 bits per heavy atom. The zero-order chi connectivity index (χ0) is 21.6. The Morgan fingerprint density at radius 2 is 1.97 bits per heavy atom. The fourth-order valence-electron chi connectivity index (χ4n) is 3.61. The monoisotopic (exact) mass is 434 g/mol. The summed E-state index contributed by atoms with van der Waals surface area (Å²) < 4.78 is 29.6. The van der Waals surface area contributed by atoms with Crippen LogP contribution in [0, 0.1) is 17.6 Å². The van der Waals surface area contributed by atoms with Crippen LogP contribution in [0.4, 0.5) is 14.6 Å². The van der Waals surface area contributed by atoms with E-state index in [2.05, 4.69) is 4.98 Å². The van der Waals surface area contributed by atoms with Gasteiger partial charge in [-0.15, -0.1) is 11.6 Å². The highest BCUT2D eigenvalue weighted by atomic mass is 35.5. The van der Waals surface area contributed by atoms with E-state index in [1.165, 1.54) is 28.8 Å². The summed E-state index contributed by atoms with van der Waals surface area (Å²) in [5.41, 5.74) is 4.72. The van der Waals surface area contributed by atoms with E-state index < -0.39 is 28.6 Å². The predicted molar refractivity (Wildman–Crippen MR) is 109 cm³/mol. The van der Waals surface area contributed by atoms with Crippen LogP contribution in [-0.2, 0) is 0 Å². The molecule has 156 valence electrons. The van der Waals surface area contributed by atoms with Gasteiger partial charge >= 0.3 is 5.97 Å². The number of nitrogens with two attached hydrogens (primary N) is 1. The molecule has 4 rings (SSSR count). The van der Waals surface area contributed by atoms with E-state index in [1.807, 2.05) is 0 Å². The minimum absolute atomic E-state index is 0.0116. The molecule has 2 aromatic heterocycles. The summed E-state index contributed by atoms with van der Waals surface area (Å²) in [6.07, 6.45) is 1.10. The number of carboxylic acid groups (broad SMARTS) is 1. The van der Waals surface area contributed by atoms with Crippen LogP contribution in [0.1, 0.15) is 10.4 Å². The first-order valence-corrected chi connectivity index (χ1v) is 9.58. The summed E-state index contributed by atoms with van der Waals surface area (Å²) in [5.74, 6) is -2.77. The van der Waals surface area contributed by atoms with Gasteiger partial charge in [-0.05, 0) is 36.9 Å². The maximum absolute atomic E-state index is 14.9. The third kappa shape index (κ3) is 3.40. The zero-order valence-electron chi connectivity index (χ0n) is 15.6. The van der Waals surface area contributed by atoms with Gasteiger partial charge in [0.05, 0.1) is 10.8 Å². The van der Waals surface area contributed by atoms with Crippen molar-refractivity contribution in [3.8, 4) is 5.69 Å². The van der Waals surface area contributed by atoms with Gasteiger partial charge in [0, 0.05) is 30.9 Å². The molecule has 0 amide bonds. The van der Waals surface area contributed by atoms with Gasteiger partial charge in [0.15, 0.2) is 17.3 Å². The highest BCUT2D eigenvalue weighted by molar-refractivity contribution is 6.21. The minimum Gasteiger partial charge on any atom is -0.477 e. The lowest BCUT2D eigenvalue weighted by atomic mass is 10.1. The van der Waals surface area contributed by atoms with E-state index in [1.54, 1.807) is 4.90 Å². The van der Waals surface area contributed by atoms with E-state index in [0.717, 1.165) is 12.3 Å². The number of aromatic nitrogens is 2. The van der Waals surface area contributed by atoms with Gasteiger partial charge < -0.3 is 20.3 Å². The molecule has 0 radical (unpaired) electrons. The van der Waals surface area contributed by atoms with Crippen LogP contribution >= 0.6 is 11.6 Å². The number of hydrogen-bond donors (Lipinski definition) is 2. The Bertz CT molecular complexity index is 1200. The minimum atomic E-state index is -1.46. The molecule has 1 aromatic carbocycles. The molecule has 1 aliphatic heterocycles. The number of fused-ring (bicyclic) bond motifs is 1. The molecule has 1 fully saturated rings. The molecule has 0 spiro atoms. The summed E-state index contributed by atoms with van der Waals surface area (Å²) in [7, 11) is 0. The van der Waals surface area contributed by atoms with Crippen molar-refractivity contribution in [2.75, 3.05) is 24.5 Å². The number of halogens is 3. The predicted octanol–water partition coefficient (Wildman–Crippen LogP) is 2.36. The summed E-state index contributed by atoms with van der Waals surface area (Å²) >= 11 is 6.29. The summed E-state index contributed by atoms with van der Waals surface area (Å²) in [5, 5.41) is 8.93. The topological polar surface area (TPSA) is 101 Å². The molecule has 7 nitrogen and oxygen atoms in total. The number of rotatable bonds is 4. The number of carbonyl (C=O) groups is 1. The molecule has 30 heavy (non-hydrogen) atoms. The Morgan fingerprint density at radius 1 is 1.27 bits per heavy atom. The molecule has 2 unspecified atom stereocenters. The molecule has 3 heterocycles. The first-order chi connectivity index (χ1) is 14.3. The van der Waals surface area contributed by atoms with Crippen molar-refractivity contribution in [3.63, 3.8) is 0 Å². The number of pyridine rings is 2. The number of anilines is 1. The SMILES string of the molecule is NCC1CN(c2nc3c(cc2F)c(=O)c(C(=O)O)cn3-c2ccc(F)cc2)CC1Cl. The molecule has 0 aliphatic carbocycles. The number of nitrogens with zero attached hydrogens (tertiary/aromatic N) is 3. The lowest BCUT2D eigenvalue weighted by Gasteiger charge is -2.20. The van der Waals surface area contributed by atoms with Crippen LogP contribution in [0.15, 0.2) is 41.3 Å². The van der Waals surface area contributed by atoms with E-state index >= 15 is 0 Å². The normalized spacial score (nSPS) is 18.9. The van der Waals surface area contributed by atoms with Crippen molar-refractivity contribution < 1.29 is 18.7 Å². The second-order valence-electron chi connectivity index (χ2n) is 7.11.